The Morgan fingerprint density at radius 1 is 1.25 bits per heavy atom. The Bertz CT molecular complexity index is 100. The van der Waals surface area contributed by atoms with Crippen LogP contribution in [0.3, 0.4) is 0 Å². The number of rotatable bonds is 5. The van der Waals surface area contributed by atoms with E-state index in [4.69, 9.17) is 0 Å². The van der Waals surface area contributed by atoms with Crippen LogP contribution >= 0.6 is 11.8 Å². The molecule has 0 unspecified atom stereocenters. The summed E-state index contributed by atoms with van der Waals surface area (Å²) in [6, 6.07) is 0. The van der Waals surface area contributed by atoms with Gasteiger partial charge in [-0.15, -0.1) is 4.75 Å². The molecule has 0 saturated carbocycles. The number of thioether (sulfide) groups is 1. The Morgan fingerprint density at radius 2 is 1.75 bits per heavy atom. The van der Waals surface area contributed by atoms with Crippen molar-refractivity contribution >= 4 is 11.8 Å². The van der Waals surface area contributed by atoms with Crippen molar-refractivity contribution in [1.82, 2.24) is 0 Å². The molecular formula is C10H21SY-. The zero-order valence-electron chi connectivity index (χ0n) is 9.11. The van der Waals surface area contributed by atoms with Crippen molar-refractivity contribution in [3.8, 4) is 0 Å². The second kappa shape index (κ2) is 7.82. The van der Waals surface area contributed by atoms with E-state index in [1.807, 2.05) is 0 Å². The van der Waals surface area contributed by atoms with Crippen molar-refractivity contribution in [2.75, 3.05) is 5.75 Å². The SMILES string of the molecule is CCCCSC(C)(C)[C-](C)C.[Y]. The molecule has 71 valence electrons. The van der Waals surface area contributed by atoms with Crippen LogP contribution in [0.2, 0.25) is 0 Å². The van der Waals surface area contributed by atoms with Gasteiger partial charge in [0.1, 0.15) is 0 Å². The number of unbranched alkanes of at least 4 members (excludes halogenated alkanes) is 1. The van der Waals surface area contributed by atoms with E-state index >= 15 is 0 Å². The molecule has 0 aliphatic heterocycles. The first kappa shape index (κ1) is 15.9. The maximum Gasteiger partial charge on any atom is 0 e. The van der Waals surface area contributed by atoms with Gasteiger partial charge < -0.3 is 5.92 Å². The summed E-state index contributed by atoms with van der Waals surface area (Å²) in [5.41, 5.74) is 0. The minimum absolute atomic E-state index is 0. The molecule has 0 aliphatic rings. The van der Waals surface area contributed by atoms with Crippen molar-refractivity contribution in [3.63, 3.8) is 0 Å². The van der Waals surface area contributed by atoms with E-state index in [-0.39, 0.29) is 32.7 Å². The summed E-state index contributed by atoms with van der Waals surface area (Å²) in [6.07, 6.45) is 2.66. The minimum atomic E-state index is 0. The van der Waals surface area contributed by atoms with E-state index in [0.29, 0.717) is 4.75 Å². The third-order valence-electron chi connectivity index (χ3n) is 2.16. The standard InChI is InChI=1S/C10H21S.Y/c1-6-7-8-11-10(4,5)9(2)3;/h6-8H2,1-5H3;/q-1;. The molecule has 0 nitrogen and oxygen atoms in total. The van der Waals surface area contributed by atoms with E-state index in [2.05, 4.69) is 46.4 Å². The molecule has 0 aromatic carbocycles. The largest absolute Gasteiger partial charge is 0.304 e. The van der Waals surface area contributed by atoms with Crippen LogP contribution in [-0.2, 0) is 32.7 Å². The van der Waals surface area contributed by atoms with E-state index in [1.54, 1.807) is 0 Å². The van der Waals surface area contributed by atoms with Gasteiger partial charge in [0.25, 0.3) is 0 Å². The van der Waals surface area contributed by atoms with Gasteiger partial charge in [-0.3, -0.25) is 0 Å². The van der Waals surface area contributed by atoms with Gasteiger partial charge in [0.05, 0.1) is 0 Å². The van der Waals surface area contributed by atoms with Crippen LogP contribution in [0.15, 0.2) is 0 Å². The summed E-state index contributed by atoms with van der Waals surface area (Å²) in [6.45, 7) is 11.3. The summed E-state index contributed by atoms with van der Waals surface area (Å²) in [5, 5.41) is 0. The van der Waals surface area contributed by atoms with Crippen molar-refractivity contribution in [3.05, 3.63) is 5.92 Å². The quantitative estimate of drug-likeness (QED) is 0.534. The van der Waals surface area contributed by atoms with Crippen LogP contribution < -0.4 is 0 Å². The fraction of sp³-hybridized carbons (Fsp3) is 0.900. The smallest absolute Gasteiger partial charge is 0 e. The van der Waals surface area contributed by atoms with Gasteiger partial charge in [0.15, 0.2) is 0 Å². The second-order valence-electron chi connectivity index (χ2n) is 3.71. The summed E-state index contributed by atoms with van der Waals surface area (Å²) in [5.74, 6) is 2.83. The van der Waals surface area contributed by atoms with Crippen LogP contribution in [-0.4, -0.2) is 10.5 Å². The van der Waals surface area contributed by atoms with E-state index < -0.39 is 0 Å². The van der Waals surface area contributed by atoms with Crippen molar-refractivity contribution < 1.29 is 32.7 Å². The Balaban J connectivity index is 0. The van der Waals surface area contributed by atoms with E-state index in [1.165, 1.54) is 24.5 Å². The molecule has 0 aromatic rings. The molecule has 1 radical (unpaired) electrons. The molecule has 0 aliphatic carbocycles. The van der Waals surface area contributed by atoms with Crippen LogP contribution in [0.1, 0.15) is 47.5 Å². The first-order valence-corrected chi connectivity index (χ1v) is 5.44. The molecule has 0 amide bonds. The third-order valence-corrected chi connectivity index (χ3v) is 3.79. The Hall–Kier alpha value is 1.45. The van der Waals surface area contributed by atoms with Gasteiger partial charge in [-0.25, -0.2) is 0 Å². The van der Waals surface area contributed by atoms with Gasteiger partial charge in [0.2, 0.25) is 0 Å². The Kier molecular flexibility index (Phi) is 10.4. The molecule has 0 bridgehead atoms. The summed E-state index contributed by atoms with van der Waals surface area (Å²) >= 11 is 2.07. The number of hydrogen-bond donors (Lipinski definition) is 0. The van der Waals surface area contributed by atoms with Gasteiger partial charge in [-0.05, 0) is 12.2 Å². The van der Waals surface area contributed by atoms with Crippen molar-refractivity contribution in [1.29, 1.82) is 0 Å². The molecule has 0 N–H and O–H groups in total. The zero-order valence-corrected chi connectivity index (χ0v) is 12.8. The fourth-order valence-corrected chi connectivity index (χ4v) is 1.85. The monoisotopic (exact) mass is 262 g/mol. The minimum Gasteiger partial charge on any atom is -0.304 e. The molecule has 2 heteroatoms. The molecule has 12 heavy (non-hydrogen) atoms. The summed E-state index contributed by atoms with van der Waals surface area (Å²) < 4.78 is 0.384. The molecule has 0 rings (SSSR count). The predicted octanol–water partition coefficient (Wildman–Crippen LogP) is 3.91. The van der Waals surface area contributed by atoms with E-state index in [9.17, 15) is 0 Å². The number of hydrogen-bond acceptors (Lipinski definition) is 1. The van der Waals surface area contributed by atoms with Crippen LogP contribution in [0.25, 0.3) is 0 Å². The average molecular weight is 262 g/mol. The Labute approximate surface area is 108 Å². The summed E-state index contributed by atoms with van der Waals surface area (Å²) in [4.78, 5) is 0. The second-order valence-corrected chi connectivity index (χ2v) is 5.43. The Morgan fingerprint density at radius 3 is 2.08 bits per heavy atom. The van der Waals surface area contributed by atoms with Crippen molar-refractivity contribution in [2.24, 2.45) is 0 Å². The van der Waals surface area contributed by atoms with Gasteiger partial charge in [-0.2, -0.15) is 25.6 Å². The van der Waals surface area contributed by atoms with Gasteiger partial charge in [0, 0.05) is 32.7 Å². The molecule has 0 fully saturated rings. The normalized spacial score (nSPS) is 11.5. The molecule has 0 heterocycles. The molecule has 0 aromatic heterocycles. The molecular weight excluding hydrogens is 241 g/mol. The maximum atomic E-state index is 2.31. The van der Waals surface area contributed by atoms with Gasteiger partial charge in [-0.1, -0.05) is 27.2 Å². The fourth-order valence-electron chi connectivity index (χ4n) is 0.616. The molecule has 0 saturated heterocycles. The zero-order chi connectivity index (χ0) is 8.91. The average Bonchev–Trinajstić information content (AvgIpc) is 1.88. The third kappa shape index (κ3) is 6.92. The van der Waals surface area contributed by atoms with E-state index in [0.717, 1.165) is 0 Å². The first-order valence-electron chi connectivity index (χ1n) is 4.45. The van der Waals surface area contributed by atoms with Crippen LogP contribution in [0.5, 0.6) is 0 Å². The van der Waals surface area contributed by atoms with Crippen molar-refractivity contribution in [2.45, 2.75) is 52.2 Å². The topological polar surface area (TPSA) is 0 Å². The molecule has 0 atom stereocenters. The van der Waals surface area contributed by atoms with Gasteiger partial charge >= 0.3 is 0 Å². The first-order chi connectivity index (χ1) is 5.00. The summed E-state index contributed by atoms with van der Waals surface area (Å²) in [7, 11) is 0. The maximum absolute atomic E-state index is 2.31. The van der Waals surface area contributed by atoms with Crippen LogP contribution in [0, 0.1) is 5.92 Å². The predicted molar refractivity (Wildman–Crippen MR) is 56.0 cm³/mol. The molecule has 0 spiro atoms. The van der Waals surface area contributed by atoms with Crippen LogP contribution in [0.4, 0.5) is 0 Å².